The molecule has 144 valence electrons. The van der Waals surface area contributed by atoms with Crippen LogP contribution in [-0.4, -0.2) is 13.6 Å². The van der Waals surface area contributed by atoms with Crippen LogP contribution >= 0.6 is 0 Å². The molecule has 0 unspecified atom stereocenters. The molecule has 0 amide bonds. The number of rotatable bonds is 20. The lowest BCUT2D eigenvalue weighted by Crippen LogP contribution is -2.06. The topological polar surface area (TPSA) is 12.0 Å². The Morgan fingerprint density at radius 2 is 0.875 bits per heavy atom. The van der Waals surface area contributed by atoms with E-state index in [1.54, 1.807) is 0 Å². The van der Waals surface area contributed by atoms with Gasteiger partial charge in [-0.3, -0.25) is 0 Å². The molecule has 0 saturated heterocycles. The molecular formula is C23H47N. The molecule has 1 nitrogen and oxygen atoms in total. The Morgan fingerprint density at radius 3 is 1.29 bits per heavy atom. The number of unbranched alkanes of at least 4 members (excludes halogenated alkanes) is 16. The second-order valence-electron chi connectivity index (χ2n) is 7.46. The van der Waals surface area contributed by atoms with Crippen molar-refractivity contribution in [1.29, 1.82) is 0 Å². The fraction of sp³-hybridized carbons (Fsp3) is 0.913. The van der Waals surface area contributed by atoms with Crippen LogP contribution in [0.2, 0.25) is 0 Å². The maximum Gasteiger partial charge on any atom is -0.00519 e. The van der Waals surface area contributed by atoms with Crippen LogP contribution in [0.3, 0.4) is 0 Å². The van der Waals surface area contributed by atoms with Crippen molar-refractivity contribution in [3.05, 3.63) is 12.2 Å². The van der Waals surface area contributed by atoms with Crippen molar-refractivity contribution in [3.8, 4) is 0 Å². The lowest BCUT2D eigenvalue weighted by molar-refractivity contribution is 0.548. The van der Waals surface area contributed by atoms with Gasteiger partial charge in [-0.05, 0) is 45.7 Å². The molecular weight excluding hydrogens is 290 g/mol. The first-order valence-corrected chi connectivity index (χ1v) is 11.2. The predicted molar refractivity (Wildman–Crippen MR) is 112 cm³/mol. The molecule has 1 heteroatoms. The summed E-state index contributed by atoms with van der Waals surface area (Å²) in [6.07, 6.45) is 30.3. The summed E-state index contributed by atoms with van der Waals surface area (Å²) in [6, 6.07) is 0. The summed E-state index contributed by atoms with van der Waals surface area (Å²) in [6.45, 7) is 3.48. The van der Waals surface area contributed by atoms with Gasteiger partial charge in [0.25, 0.3) is 0 Å². The number of hydrogen-bond acceptors (Lipinski definition) is 1. The third kappa shape index (κ3) is 21.7. The van der Waals surface area contributed by atoms with Crippen LogP contribution in [0.1, 0.15) is 122 Å². The predicted octanol–water partition coefficient (Wildman–Crippen LogP) is 7.80. The van der Waals surface area contributed by atoms with E-state index in [0.29, 0.717) is 0 Å². The van der Waals surface area contributed by atoms with Gasteiger partial charge in [-0.25, -0.2) is 0 Å². The van der Waals surface area contributed by atoms with E-state index in [9.17, 15) is 0 Å². The highest BCUT2D eigenvalue weighted by Crippen LogP contribution is 2.12. The zero-order chi connectivity index (χ0) is 17.6. The maximum atomic E-state index is 3.22. The Hall–Kier alpha value is -0.300. The minimum atomic E-state index is 1.19. The van der Waals surface area contributed by atoms with Crippen molar-refractivity contribution in [2.45, 2.75) is 122 Å². The average Bonchev–Trinajstić information content (AvgIpc) is 2.60. The van der Waals surface area contributed by atoms with E-state index < -0.39 is 0 Å². The van der Waals surface area contributed by atoms with Crippen LogP contribution in [0.15, 0.2) is 12.2 Å². The molecule has 0 aliphatic carbocycles. The summed E-state index contributed by atoms with van der Waals surface area (Å²) in [4.78, 5) is 0. The van der Waals surface area contributed by atoms with Gasteiger partial charge in [-0.15, -0.1) is 0 Å². The van der Waals surface area contributed by atoms with Gasteiger partial charge in [0.1, 0.15) is 0 Å². The quantitative estimate of drug-likeness (QED) is 0.176. The third-order valence-corrected chi connectivity index (χ3v) is 4.94. The minimum absolute atomic E-state index is 1.19. The van der Waals surface area contributed by atoms with Gasteiger partial charge in [0.15, 0.2) is 0 Å². The lowest BCUT2D eigenvalue weighted by Gasteiger charge is -2.02. The van der Waals surface area contributed by atoms with E-state index >= 15 is 0 Å². The Labute approximate surface area is 154 Å². The van der Waals surface area contributed by atoms with Crippen LogP contribution in [0.5, 0.6) is 0 Å². The van der Waals surface area contributed by atoms with Gasteiger partial charge in [0.2, 0.25) is 0 Å². The molecule has 0 saturated carbocycles. The average molecular weight is 338 g/mol. The highest BCUT2D eigenvalue weighted by Gasteiger charge is 1.93. The Bertz CT molecular complexity index is 234. The SMILES string of the molecule is CCCCCCCC/C=C\CCCCCCCCCCCCNC. The van der Waals surface area contributed by atoms with E-state index in [2.05, 4.69) is 24.4 Å². The van der Waals surface area contributed by atoms with Crippen molar-refractivity contribution in [2.75, 3.05) is 13.6 Å². The molecule has 0 heterocycles. The first-order chi connectivity index (χ1) is 11.9. The monoisotopic (exact) mass is 337 g/mol. The van der Waals surface area contributed by atoms with Crippen molar-refractivity contribution >= 4 is 0 Å². The van der Waals surface area contributed by atoms with Crippen LogP contribution in [0.4, 0.5) is 0 Å². The van der Waals surface area contributed by atoms with E-state index in [-0.39, 0.29) is 0 Å². The Balaban J connectivity index is 3.03. The zero-order valence-corrected chi connectivity index (χ0v) is 17.1. The van der Waals surface area contributed by atoms with Gasteiger partial charge in [-0.2, -0.15) is 0 Å². The minimum Gasteiger partial charge on any atom is -0.320 e. The second-order valence-corrected chi connectivity index (χ2v) is 7.46. The van der Waals surface area contributed by atoms with Crippen molar-refractivity contribution in [3.63, 3.8) is 0 Å². The second kappa shape index (κ2) is 22.7. The van der Waals surface area contributed by atoms with E-state index in [1.165, 1.54) is 122 Å². The van der Waals surface area contributed by atoms with Crippen LogP contribution < -0.4 is 5.32 Å². The highest BCUT2D eigenvalue weighted by atomic mass is 14.8. The molecule has 1 N–H and O–H groups in total. The number of hydrogen-bond donors (Lipinski definition) is 1. The summed E-state index contributed by atoms with van der Waals surface area (Å²) in [5.41, 5.74) is 0. The summed E-state index contributed by atoms with van der Waals surface area (Å²) in [7, 11) is 2.05. The van der Waals surface area contributed by atoms with Gasteiger partial charge in [-0.1, -0.05) is 103 Å². The number of nitrogens with one attached hydrogen (secondary N) is 1. The molecule has 0 aliphatic rings. The standard InChI is InChI=1S/C23H47N/c1-3-4-5-6-7-8-9-10-11-12-13-14-15-16-17-18-19-20-21-22-23-24-2/h10-11,24H,3-9,12-23H2,1-2H3/b11-10-. The summed E-state index contributed by atoms with van der Waals surface area (Å²) < 4.78 is 0. The Kier molecular flexibility index (Phi) is 22.4. The molecule has 0 aromatic carbocycles. The lowest BCUT2D eigenvalue weighted by atomic mass is 10.1. The first kappa shape index (κ1) is 23.7. The molecule has 0 aromatic rings. The highest BCUT2D eigenvalue weighted by molar-refractivity contribution is 4.81. The molecule has 0 bridgehead atoms. The Morgan fingerprint density at radius 1 is 0.500 bits per heavy atom. The largest absolute Gasteiger partial charge is 0.320 e. The molecule has 0 aromatic heterocycles. The van der Waals surface area contributed by atoms with Crippen molar-refractivity contribution < 1.29 is 0 Å². The van der Waals surface area contributed by atoms with Gasteiger partial charge < -0.3 is 5.32 Å². The molecule has 0 radical (unpaired) electrons. The van der Waals surface area contributed by atoms with Gasteiger partial charge in [0, 0.05) is 0 Å². The summed E-state index contributed by atoms with van der Waals surface area (Å²) >= 11 is 0. The van der Waals surface area contributed by atoms with E-state index in [4.69, 9.17) is 0 Å². The zero-order valence-electron chi connectivity index (χ0n) is 17.1. The normalized spacial score (nSPS) is 11.6. The molecule has 0 atom stereocenters. The molecule has 24 heavy (non-hydrogen) atoms. The van der Waals surface area contributed by atoms with Gasteiger partial charge >= 0.3 is 0 Å². The van der Waals surface area contributed by atoms with Crippen molar-refractivity contribution in [2.24, 2.45) is 0 Å². The smallest absolute Gasteiger partial charge is 0.00519 e. The molecule has 0 fully saturated rings. The maximum absolute atomic E-state index is 3.22. The fourth-order valence-corrected chi connectivity index (χ4v) is 3.26. The first-order valence-electron chi connectivity index (χ1n) is 11.2. The molecule has 0 rings (SSSR count). The van der Waals surface area contributed by atoms with Crippen LogP contribution in [0.25, 0.3) is 0 Å². The third-order valence-electron chi connectivity index (χ3n) is 4.94. The summed E-state index contributed by atoms with van der Waals surface area (Å²) in [5.74, 6) is 0. The number of allylic oxidation sites excluding steroid dienone is 2. The fourth-order valence-electron chi connectivity index (χ4n) is 3.26. The van der Waals surface area contributed by atoms with Crippen LogP contribution in [0, 0.1) is 0 Å². The summed E-state index contributed by atoms with van der Waals surface area (Å²) in [5, 5.41) is 3.22. The van der Waals surface area contributed by atoms with Crippen LogP contribution in [-0.2, 0) is 0 Å². The molecule has 0 aliphatic heterocycles. The molecule has 0 spiro atoms. The van der Waals surface area contributed by atoms with Gasteiger partial charge in [0.05, 0.1) is 0 Å². The van der Waals surface area contributed by atoms with Crippen molar-refractivity contribution in [1.82, 2.24) is 5.32 Å². The van der Waals surface area contributed by atoms with E-state index in [1.807, 2.05) is 7.05 Å². The van der Waals surface area contributed by atoms with E-state index in [0.717, 1.165) is 0 Å².